The van der Waals surface area contributed by atoms with Gasteiger partial charge in [-0.2, -0.15) is 0 Å². The molecule has 0 aromatic heterocycles. The smallest absolute Gasteiger partial charge is 0.243 e. The highest BCUT2D eigenvalue weighted by Gasteiger charge is 2.63. The molecule has 19 heavy (non-hydrogen) atoms. The van der Waals surface area contributed by atoms with Crippen LogP contribution in [-0.4, -0.2) is 54.6 Å². The molecule has 0 aromatic carbocycles. The molecule has 108 valence electrons. The number of carbonyl (C=O) groups is 2. The first-order chi connectivity index (χ1) is 8.83. The molecule has 3 N–H and O–H groups in total. The molecule has 1 aliphatic carbocycles. The molecule has 6 nitrogen and oxygen atoms in total. The minimum absolute atomic E-state index is 0.00469. The summed E-state index contributed by atoms with van der Waals surface area (Å²) in [4.78, 5) is 25.5. The highest BCUT2D eigenvalue weighted by atomic mass is 16.5. The van der Waals surface area contributed by atoms with Gasteiger partial charge in [-0.15, -0.1) is 0 Å². The van der Waals surface area contributed by atoms with Crippen molar-refractivity contribution in [3.8, 4) is 0 Å². The molecule has 2 rings (SSSR count). The van der Waals surface area contributed by atoms with Crippen molar-refractivity contribution >= 4 is 11.8 Å². The van der Waals surface area contributed by atoms with E-state index in [2.05, 4.69) is 5.32 Å². The summed E-state index contributed by atoms with van der Waals surface area (Å²) in [5.74, 6) is -0.259. The highest BCUT2D eigenvalue weighted by molar-refractivity contribution is 5.92. The van der Waals surface area contributed by atoms with Gasteiger partial charge in [0.05, 0.1) is 12.6 Å². The van der Waals surface area contributed by atoms with Gasteiger partial charge in [-0.1, -0.05) is 13.8 Å². The maximum atomic E-state index is 12.6. The third-order valence-electron chi connectivity index (χ3n) is 4.54. The molecular formula is C13H23N3O3. The summed E-state index contributed by atoms with van der Waals surface area (Å²) in [6.45, 7) is 7.59. The van der Waals surface area contributed by atoms with Crippen LogP contribution in [0.4, 0.5) is 0 Å². The molecule has 1 heterocycles. The number of nitrogens with two attached hydrogens (primary N) is 1. The molecular weight excluding hydrogens is 246 g/mol. The molecule has 1 saturated carbocycles. The van der Waals surface area contributed by atoms with Gasteiger partial charge < -0.3 is 20.7 Å². The highest BCUT2D eigenvalue weighted by Crippen LogP contribution is 2.50. The zero-order chi connectivity index (χ0) is 14.3. The van der Waals surface area contributed by atoms with E-state index in [9.17, 15) is 9.59 Å². The Hall–Kier alpha value is -1.14. The standard InChI is InChI=1S/C13H23N3O3/c1-4-19-9-7-13(14,12(9,2)3)11(18)16-6-5-15-10(17)8-16/h9H,4-8,14H2,1-3H3,(H,15,17). The Morgan fingerprint density at radius 1 is 1.58 bits per heavy atom. The summed E-state index contributed by atoms with van der Waals surface area (Å²) >= 11 is 0. The second-order valence-electron chi connectivity index (χ2n) is 5.92. The van der Waals surface area contributed by atoms with Gasteiger partial charge in [-0.25, -0.2) is 0 Å². The van der Waals surface area contributed by atoms with Crippen LogP contribution >= 0.6 is 0 Å². The predicted molar refractivity (Wildman–Crippen MR) is 70.3 cm³/mol. The van der Waals surface area contributed by atoms with Crippen molar-refractivity contribution in [1.29, 1.82) is 0 Å². The molecule has 2 amide bonds. The van der Waals surface area contributed by atoms with Crippen LogP contribution in [0.3, 0.4) is 0 Å². The number of amides is 2. The number of piperazine rings is 1. The van der Waals surface area contributed by atoms with Crippen LogP contribution < -0.4 is 11.1 Å². The van der Waals surface area contributed by atoms with E-state index in [4.69, 9.17) is 10.5 Å². The van der Waals surface area contributed by atoms with Crippen molar-refractivity contribution in [3.63, 3.8) is 0 Å². The normalized spacial score (nSPS) is 33.6. The van der Waals surface area contributed by atoms with Gasteiger partial charge in [0.25, 0.3) is 0 Å². The van der Waals surface area contributed by atoms with Gasteiger partial charge in [-0.3, -0.25) is 9.59 Å². The number of carbonyl (C=O) groups excluding carboxylic acids is 2. The zero-order valence-electron chi connectivity index (χ0n) is 11.9. The third kappa shape index (κ3) is 2.12. The van der Waals surface area contributed by atoms with Crippen LogP contribution in [0.25, 0.3) is 0 Å². The Bertz CT molecular complexity index is 397. The lowest BCUT2D eigenvalue weighted by atomic mass is 9.54. The Morgan fingerprint density at radius 2 is 2.26 bits per heavy atom. The van der Waals surface area contributed by atoms with Crippen molar-refractivity contribution < 1.29 is 14.3 Å². The molecule has 6 heteroatoms. The lowest BCUT2D eigenvalue weighted by Crippen LogP contribution is -2.76. The fourth-order valence-corrected chi connectivity index (χ4v) is 2.89. The fourth-order valence-electron chi connectivity index (χ4n) is 2.89. The molecule has 2 atom stereocenters. The zero-order valence-corrected chi connectivity index (χ0v) is 11.9. The van der Waals surface area contributed by atoms with E-state index in [0.29, 0.717) is 26.1 Å². The lowest BCUT2D eigenvalue weighted by molar-refractivity contribution is -0.180. The minimum atomic E-state index is -0.926. The Balaban J connectivity index is 2.09. The molecule has 0 aromatic rings. The molecule has 0 spiro atoms. The van der Waals surface area contributed by atoms with E-state index in [0.717, 1.165) is 0 Å². The number of hydrogen-bond acceptors (Lipinski definition) is 4. The number of ether oxygens (including phenoxy) is 1. The topological polar surface area (TPSA) is 84.7 Å². The molecule has 1 saturated heterocycles. The summed E-state index contributed by atoms with van der Waals surface area (Å²) < 4.78 is 5.62. The summed E-state index contributed by atoms with van der Waals surface area (Å²) in [5.41, 5.74) is 4.98. The van der Waals surface area contributed by atoms with E-state index in [-0.39, 0.29) is 24.5 Å². The first-order valence-electron chi connectivity index (χ1n) is 6.79. The summed E-state index contributed by atoms with van der Waals surface area (Å²) in [6.07, 6.45) is 0.523. The van der Waals surface area contributed by atoms with Crippen molar-refractivity contribution in [2.75, 3.05) is 26.2 Å². The molecule has 2 fully saturated rings. The summed E-state index contributed by atoms with van der Waals surface area (Å²) in [7, 11) is 0. The summed E-state index contributed by atoms with van der Waals surface area (Å²) in [5, 5.41) is 2.71. The van der Waals surface area contributed by atoms with E-state index >= 15 is 0 Å². The van der Waals surface area contributed by atoms with Gasteiger partial charge >= 0.3 is 0 Å². The third-order valence-corrected chi connectivity index (χ3v) is 4.54. The van der Waals surface area contributed by atoms with Gasteiger partial charge in [0.15, 0.2) is 0 Å². The number of rotatable bonds is 3. The average molecular weight is 269 g/mol. The number of hydrogen-bond donors (Lipinski definition) is 2. The first-order valence-corrected chi connectivity index (χ1v) is 6.79. The Kier molecular flexibility index (Phi) is 3.57. The predicted octanol–water partition coefficient (Wildman–Crippen LogP) is -0.523. The fraction of sp³-hybridized carbons (Fsp3) is 0.846. The van der Waals surface area contributed by atoms with Crippen molar-refractivity contribution in [2.45, 2.75) is 38.8 Å². The van der Waals surface area contributed by atoms with Gasteiger partial charge in [0.2, 0.25) is 11.8 Å². The van der Waals surface area contributed by atoms with Crippen LogP contribution in [-0.2, 0) is 14.3 Å². The molecule has 0 bridgehead atoms. The van der Waals surface area contributed by atoms with Crippen molar-refractivity contribution in [2.24, 2.45) is 11.1 Å². The van der Waals surface area contributed by atoms with E-state index < -0.39 is 11.0 Å². The van der Waals surface area contributed by atoms with Gasteiger partial charge in [0.1, 0.15) is 5.54 Å². The number of nitrogens with one attached hydrogen (secondary N) is 1. The average Bonchev–Trinajstić information content (AvgIpc) is 2.37. The SMILES string of the molecule is CCOC1CC(N)(C(=O)N2CCNC(=O)C2)C1(C)C. The van der Waals surface area contributed by atoms with Crippen LogP contribution in [0.1, 0.15) is 27.2 Å². The maximum absolute atomic E-state index is 12.6. The summed E-state index contributed by atoms with van der Waals surface area (Å²) in [6, 6.07) is 0. The monoisotopic (exact) mass is 269 g/mol. The van der Waals surface area contributed by atoms with Gasteiger partial charge in [-0.05, 0) is 6.92 Å². The largest absolute Gasteiger partial charge is 0.378 e. The van der Waals surface area contributed by atoms with E-state index in [1.54, 1.807) is 4.90 Å². The molecule has 1 aliphatic heterocycles. The lowest BCUT2D eigenvalue weighted by Gasteiger charge is -2.58. The van der Waals surface area contributed by atoms with Crippen molar-refractivity contribution in [3.05, 3.63) is 0 Å². The van der Waals surface area contributed by atoms with Crippen LogP contribution in [0, 0.1) is 5.41 Å². The van der Waals surface area contributed by atoms with Crippen LogP contribution in [0.5, 0.6) is 0 Å². The second kappa shape index (κ2) is 4.76. The maximum Gasteiger partial charge on any atom is 0.243 e. The molecule has 2 aliphatic rings. The van der Waals surface area contributed by atoms with Crippen LogP contribution in [0.2, 0.25) is 0 Å². The van der Waals surface area contributed by atoms with E-state index in [1.165, 1.54) is 0 Å². The molecule has 0 radical (unpaired) electrons. The second-order valence-corrected chi connectivity index (χ2v) is 5.92. The molecule has 2 unspecified atom stereocenters. The Morgan fingerprint density at radius 3 is 2.79 bits per heavy atom. The van der Waals surface area contributed by atoms with E-state index in [1.807, 2.05) is 20.8 Å². The number of nitrogens with zero attached hydrogens (tertiary/aromatic N) is 1. The van der Waals surface area contributed by atoms with Gasteiger partial charge in [0, 0.05) is 31.5 Å². The van der Waals surface area contributed by atoms with Crippen LogP contribution in [0.15, 0.2) is 0 Å². The first kappa shape index (κ1) is 14.3. The van der Waals surface area contributed by atoms with Crippen molar-refractivity contribution in [1.82, 2.24) is 10.2 Å². The quantitative estimate of drug-likeness (QED) is 0.722. The minimum Gasteiger partial charge on any atom is -0.378 e. The Labute approximate surface area is 113 Å².